The van der Waals surface area contributed by atoms with E-state index in [4.69, 9.17) is 9.47 Å². The van der Waals surface area contributed by atoms with E-state index < -0.39 is 48.2 Å². The standard InChI is InChI=1S/C32H47N3O6/c1-20(2)13-14-22(4)35(30(38)27(19-36)34-31(39)41-32(6,7)8)28(26-12-10-11-21(3)23(26)5)29(37)33-24-15-17-25(40-9)18-16-24/h10-12,15-18,20,22,27-28,36H,13-14,19H2,1-9H3,(H,33,37)(H,34,39). The highest BCUT2D eigenvalue weighted by molar-refractivity contribution is 5.99. The summed E-state index contributed by atoms with van der Waals surface area (Å²) in [5.41, 5.74) is 2.25. The van der Waals surface area contributed by atoms with E-state index in [1.54, 1.807) is 52.1 Å². The monoisotopic (exact) mass is 569 g/mol. The molecule has 0 aromatic heterocycles. The quantitative estimate of drug-likeness (QED) is 0.309. The van der Waals surface area contributed by atoms with Crippen LogP contribution >= 0.6 is 0 Å². The summed E-state index contributed by atoms with van der Waals surface area (Å²) in [7, 11) is 1.56. The molecule has 3 unspecified atom stereocenters. The maximum atomic E-state index is 14.2. The summed E-state index contributed by atoms with van der Waals surface area (Å²) in [6.45, 7) is 14.4. The minimum absolute atomic E-state index is 0.371. The number of ether oxygens (including phenoxy) is 2. The number of amides is 3. The van der Waals surface area contributed by atoms with Gasteiger partial charge in [-0.3, -0.25) is 9.59 Å². The van der Waals surface area contributed by atoms with Crippen LogP contribution in [0.1, 0.15) is 77.1 Å². The number of nitrogens with zero attached hydrogens (tertiary/aromatic N) is 1. The SMILES string of the molecule is COc1ccc(NC(=O)C(c2cccc(C)c2C)N(C(=O)C(CO)NC(=O)OC(C)(C)C)C(C)CCC(C)C)cc1. The number of hydrogen-bond acceptors (Lipinski definition) is 6. The Kier molecular flexibility index (Phi) is 12.2. The highest BCUT2D eigenvalue weighted by Crippen LogP contribution is 2.32. The van der Waals surface area contributed by atoms with Gasteiger partial charge in [0.1, 0.15) is 23.4 Å². The minimum Gasteiger partial charge on any atom is -0.497 e. The molecule has 0 heterocycles. The zero-order chi connectivity index (χ0) is 30.9. The van der Waals surface area contributed by atoms with Gasteiger partial charge >= 0.3 is 6.09 Å². The first kappa shape index (κ1) is 33.6. The molecule has 2 aromatic rings. The third-order valence-corrected chi connectivity index (χ3v) is 6.89. The average molecular weight is 570 g/mol. The van der Waals surface area contributed by atoms with Crippen LogP contribution in [-0.4, -0.2) is 59.3 Å². The molecule has 0 bridgehead atoms. The average Bonchev–Trinajstić information content (AvgIpc) is 2.89. The van der Waals surface area contributed by atoms with Crippen molar-refractivity contribution in [3.8, 4) is 5.75 Å². The number of rotatable bonds is 12. The number of carbonyl (C=O) groups excluding carboxylic acids is 3. The van der Waals surface area contributed by atoms with Gasteiger partial charge in [-0.25, -0.2) is 4.79 Å². The number of aliphatic hydroxyl groups excluding tert-OH is 1. The Labute approximate surface area is 244 Å². The van der Waals surface area contributed by atoms with Gasteiger partial charge in [0, 0.05) is 11.7 Å². The molecule has 0 aliphatic carbocycles. The van der Waals surface area contributed by atoms with Crippen molar-refractivity contribution >= 4 is 23.6 Å². The fourth-order valence-corrected chi connectivity index (χ4v) is 4.50. The number of aryl methyl sites for hydroxylation is 1. The van der Waals surface area contributed by atoms with E-state index in [1.807, 2.05) is 39.0 Å². The van der Waals surface area contributed by atoms with Crippen LogP contribution in [0.3, 0.4) is 0 Å². The van der Waals surface area contributed by atoms with Crippen LogP contribution < -0.4 is 15.4 Å². The predicted molar refractivity (Wildman–Crippen MR) is 161 cm³/mol. The molecule has 2 rings (SSSR count). The van der Waals surface area contributed by atoms with Crippen molar-refractivity contribution in [2.45, 2.75) is 92.0 Å². The zero-order valence-corrected chi connectivity index (χ0v) is 25.9. The summed E-state index contributed by atoms with van der Waals surface area (Å²) in [6.07, 6.45) is 0.601. The largest absolute Gasteiger partial charge is 0.497 e. The lowest BCUT2D eigenvalue weighted by Crippen LogP contribution is -2.56. The van der Waals surface area contributed by atoms with Crippen molar-refractivity contribution in [1.29, 1.82) is 0 Å². The first-order chi connectivity index (χ1) is 19.2. The molecule has 0 aliphatic heterocycles. The molecule has 3 amide bonds. The lowest BCUT2D eigenvalue weighted by Gasteiger charge is -2.39. The molecule has 41 heavy (non-hydrogen) atoms. The van der Waals surface area contributed by atoms with Gasteiger partial charge in [0.15, 0.2) is 0 Å². The van der Waals surface area contributed by atoms with Crippen molar-refractivity contribution in [3.63, 3.8) is 0 Å². The summed E-state index contributed by atoms with van der Waals surface area (Å²) >= 11 is 0. The zero-order valence-electron chi connectivity index (χ0n) is 25.9. The van der Waals surface area contributed by atoms with Crippen LogP contribution in [0.25, 0.3) is 0 Å². The summed E-state index contributed by atoms with van der Waals surface area (Å²) in [5.74, 6) is 0.0235. The number of benzene rings is 2. The maximum absolute atomic E-state index is 14.2. The number of nitrogens with one attached hydrogen (secondary N) is 2. The molecule has 0 fully saturated rings. The molecular weight excluding hydrogens is 522 g/mol. The molecule has 0 aliphatic rings. The third-order valence-electron chi connectivity index (χ3n) is 6.89. The molecule has 3 atom stereocenters. The normalized spacial score (nSPS) is 13.6. The molecule has 3 N–H and O–H groups in total. The van der Waals surface area contributed by atoms with Gasteiger partial charge < -0.3 is 30.1 Å². The lowest BCUT2D eigenvalue weighted by atomic mass is 9.92. The van der Waals surface area contributed by atoms with E-state index in [1.165, 1.54) is 4.90 Å². The number of anilines is 1. The molecule has 0 spiro atoms. The van der Waals surface area contributed by atoms with Gasteiger partial charge in [0.2, 0.25) is 5.91 Å². The van der Waals surface area contributed by atoms with Gasteiger partial charge in [0.25, 0.3) is 5.91 Å². The number of aliphatic hydroxyl groups is 1. The second kappa shape index (κ2) is 14.9. The van der Waals surface area contributed by atoms with Crippen LogP contribution in [0.4, 0.5) is 10.5 Å². The second-order valence-corrected chi connectivity index (χ2v) is 11.9. The summed E-state index contributed by atoms with van der Waals surface area (Å²) in [5, 5.41) is 15.7. The smallest absolute Gasteiger partial charge is 0.408 e. The van der Waals surface area contributed by atoms with Crippen molar-refractivity contribution in [2.75, 3.05) is 19.0 Å². The highest BCUT2D eigenvalue weighted by atomic mass is 16.6. The van der Waals surface area contributed by atoms with E-state index >= 15 is 0 Å². The number of alkyl carbamates (subject to hydrolysis) is 1. The Morgan fingerprint density at radius 1 is 0.976 bits per heavy atom. The van der Waals surface area contributed by atoms with Gasteiger partial charge in [0.05, 0.1) is 13.7 Å². The van der Waals surface area contributed by atoms with E-state index in [0.717, 1.165) is 17.5 Å². The van der Waals surface area contributed by atoms with Crippen molar-refractivity contribution < 1.29 is 29.0 Å². The van der Waals surface area contributed by atoms with Crippen molar-refractivity contribution in [1.82, 2.24) is 10.2 Å². The molecule has 0 saturated carbocycles. The molecule has 226 valence electrons. The van der Waals surface area contributed by atoms with Crippen LogP contribution in [0.5, 0.6) is 5.75 Å². The predicted octanol–water partition coefficient (Wildman–Crippen LogP) is 5.53. The van der Waals surface area contributed by atoms with E-state index in [-0.39, 0.29) is 0 Å². The van der Waals surface area contributed by atoms with Gasteiger partial charge in [-0.05, 0) is 101 Å². The van der Waals surface area contributed by atoms with E-state index in [0.29, 0.717) is 29.3 Å². The minimum atomic E-state index is -1.31. The van der Waals surface area contributed by atoms with E-state index in [2.05, 4.69) is 24.5 Å². The molecule has 9 heteroatoms. The highest BCUT2D eigenvalue weighted by Gasteiger charge is 2.39. The fraction of sp³-hybridized carbons (Fsp3) is 0.531. The van der Waals surface area contributed by atoms with Crippen molar-refractivity contribution in [2.24, 2.45) is 5.92 Å². The molecule has 2 aromatic carbocycles. The maximum Gasteiger partial charge on any atom is 0.408 e. The fourth-order valence-electron chi connectivity index (χ4n) is 4.50. The van der Waals surface area contributed by atoms with Gasteiger partial charge in [-0.2, -0.15) is 0 Å². The second-order valence-electron chi connectivity index (χ2n) is 11.9. The number of carbonyl (C=O) groups is 3. The topological polar surface area (TPSA) is 117 Å². The lowest BCUT2D eigenvalue weighted by molar-refractivity contribution is -0.144. The molecule has 0 radical (unpaired) electrons. The molecular formula is C32H47N3O6. The Hall–Kier alpha value is -3.59. The Bertz CT molecular complexity index is 1170. The van der Waals surface area contributed by atoms with Gasteiger partial charge in [-0.1, -0.05) is 32.0 Å². The Morgan fingerprint density at radius 3 is 2.15 bits per heavy atom. The first-order valence-electron chi connectivity index (χ1n) is 14.1. The van der Waals surface area contributed by atoms with Crippen LogP contribution in [0, 0.1) is 19.8 Å². The van der Waals surface area contributed by atoms with Crippen LogP contribution in [0.15, 0.2) is 42.5 Å². The van der Waals surface area contributed by atoms with Crippen LogP contribution in [0.2, 0.25) is 0 Å². The third kappa shape index (κ3) is 9.78. The number of hydrogen-bond donors (Lipinski definition) is 3. The summed E-state index contributed by atoms with van der Waals surface area (Å²) in [6, 6.07) is 9.83. The first-order valence-corrected chi connectivity index (χ1v) is 14.1. The summed E-state index contributed by atoms with van der Waals surface area (Å²) in [4.78, 5) is 42.4. The number of methoxy groups -OCH3 is 1. The Balaban J connectivity index is 2.61. The van der Waals surface area contributed by atoms with E-state index in [9.17, 15) is 19.5 Å². The summed E-state index contributed by atoms with van der Waals surface area (Å²) < 4.78 is 10.6. The Morgan fingerprint density at radius 2 is 1.61 bits per heavy atom. The van der Waals surface area contributed by atoms with Crippen molar-refractivity contribution in [3.05, 3.63) is 59.2 Å². The van der Waals surface area contributed by atoms with Gasteiger partial charge in [-0.15, -0.1) is 0 Å². The molecule has 9 nitrogen and oxygen atoms in total. The van der Waals surface area contributed by atoms with Crippen LogP contribution in [-0.2, 0) is 14.3 Å². The molecule has 0 saturated heterocycles.